The number of nitrogens with one attached hydrogen (secondary N) is 1. The number of aliphatic hydroxyl groups is 1. The summed E-state index contributed by atoms with van der Waals surface area (Å²) < 4.78 is 0. The molecule has 0 aromatic heterocycles. The molecule has 1 heterocycles. The minimum absolute atomic E-state index is 0.00332. The molecule has 2 fully saturated rings. The van der Waals surface area contributed by atoms with Crippen molar-refractivity contribution >= 4 is 17.5 Å². The highest BCUT2D eigenvalue weighted by Gasteiger charge is 2.35. The Morgan fingerprint density at radius 1 is 1.33 bits per heavy atom. The third-order valence-corrected chi connectivity index (χ3v) is 5.20. The average Bonchev–Trinajstić information content (AvgIpc) is 3.32. The predicted octanol–water partition coefficient (Wildman–Crippen LogP) is 1.93. The molecule has 1 saturated heterocycles. The SMILES string of the molecule is Cc1ccc(N2CC(C(=O)NCCC(O)C3CC3)CC2=O)cc1C. The number of aliphatic hydroxyl groups excluding tert-OH is 1. The number of anilines is 1. The van der Waals surface area contributed by atoms with Crippen LogP contribution in [0, 0.1) is 25.7 Å². The highest BCUT2D eigenvalue weighted by Crippen LogP contribution is 2.33. The number of benzene rings is 1. The van der Waals surface area contributed by atoms with Crippen LogP contribution in [-0.2, 0) is 9.59 Å². The Labute approximate surface area is 143 Å². The third-order valence-electron chi connectivity index (χ3n) is 5.20. The average molecular weight is 330 g/mol. The highest BCUT2D eigenvalue weighted by molar-refractivity contribution is 6.00. The minimum atomic E-state index is -0.308. The van der Waals surface area contributed by atoms with E-state index in [1.807, 2.05) is 32.0 Å². The maximum atomic E-state index is 12.3. The highest BCUT2D eigenvalue weighted by atomic mass is 16.3. The van der Waals surface area contributed by atoms with Crippen LogP contribution in [0.3, 0.4) is 0 Å². The molecule has 1 aliphatic carbocycles. The standard InChI is InChI=1S/C19H26N2O3/c1-12-3-6-16(9-13(12)2)21-11-15(10-18(21)23)19(24)20-8-7-17(22)14-4-5-14/h3,6,9,14-15,17,22H,4-5,7-8,10-11H2,1-2H3,(H,20,24). The van der Waals surface area contributed by atoms with Gasteiger partial charge in [-0.05, 0) is 62.3 Å². The Bertz CT molecular complexity index is 639. The molecule has 5 heteroatoms. The van der Waals surface area contributed by atoms with E-state index in [4.69, 9.17) is 0 Å². The maximum Gasteiger partial charge on any atom is 0.227 e. The number of carbonyl (C=O) groups is 2. The normalized spacial score (nSPS) is 21.9. The fraction of sp³-hybridized carbons (Fsp3) is 0.579. The van der Waals surface area contributed by atoms with Crippen molar-refractivity contribution in [1.82, 2.24) is 5.32 Å². The van der Waals surface area contributed by atoms with Crippen LogP contribution < -0.4 is 10.2 Å². The molecule has 2 N–H and O–H groups in total. The summed E-state index contributed by atoms with van der Waals surface area (Å²) in [4.78, 5) is 26.3. The Hall–Kier alpha value is -1.88. The van der Waals surface area contributed by atoms with Crippen LogP contribution in [0.2, 0.25) is 0 Å². The van der Waals surface area contributed by atoms with Crippen molar-refractivity contribution in [2.75, 3.05) is 18.0 Å². The van der Waals surface area contributed by atoms with Gasteiger partial charge in [0.05, 0.1) is 12.0 Å². The van der Waals surface area contributed by atoms with Gasteiger partial charge in [-0.2, -0.15) is 0 Å². The molecule has 5 nitrogen and oxygen atoms in total. The Morgan fingerprint density at radius 3 is 2.75 bits per heavy atom. The van der Waals surface area contributed by atoms with Crippen LogP contribution in [-0.4, -0.2) is 36.1 Å². The molecule has 1 aromatic rings. The molecule has 24 heavy (non-hydrogen) atoms. The zero-order chi connectivity index (χ0) is 17.3. The molecule has 1 aliphatic heterocycles. The maximum absolute atomic E-state index is 12.3. The van der Waals surface area contributed by atoms with Crippen molar-refractivity contribution in [3.63, 3.8) is 0 Å². The topological polar surface area (TPSA) is 69.6 Å². The van der Waals surface area contributed by atoms with E-state index in [2.05, 4.69) is 5.32 Å². The van der Waals surface area contributed by atoms with Crippen molar-refractivity contribution in [3.05, 3.63) is 29.3 Å². The molecule has 2 unspecified atom stereocenters. The molecule has 0 bridgehead atoms. The zero-order valence-corrected chi connectivity index (χ0v) is 14.4. The van der Waals surface area contributed by atoms with E-state index >= 15 is 0 Å². The summed E-state index contributed by atoms with van der Waals surface area (Å²) in [5, 5.41) is 12.7. The van der Waals surface area contributed by atoms with Crippen LogP contribution in [0.25, 0.3) is 0 Å². The molecule has 1 saturated carbocycles. The second-order valence-electron chi connectivity index (χ2n) is 7.16. The van der Waals surface area contributed by atoms with Crippen LogP contribution in [0.15, 0.2) is 18.2 Å². The lowest BCUT2D eigenvalue weighted by atomic mass is 10.1. The molecule has 130 valence electrons. The molecule has 0 radical (unpaired) electrons. The van der Waals surface area contributed by atoms with Crippen molar-refractivity contribution < 1.29 is 14.7 Å². The van der Waals surface area contributed by atoms with E-state index in [1.165, 1.54) is 5.56 Å². The van der Waals surface area contributed by atoms with E-state index in [1.54, 1.807) is 4.90 Å². The predicted molar refractivity (Wildman–Crippen MR) is 92.7 cm³/mol. The molecule has 2 aliphatic rings. The zero-order valence-electron chi connectivity index (χ0n) is 14.4. The molecular formula is C19H26N2O3. The Morgan fingerprint density at radius 2 is 2.08 bits per heavy atom. The molecule has 3 rings (SSSR count). The lowest BCUT2D eigenvalue weighted by Gasteiger charge is -2.18. The second kappa shape index (κ2) is 6.93. The van der Waals surface area contributed by atoms with Crippen molar-refractivity contribution in [2.24, 2.45) is 11.8 Å². The van der Waals surface area contributed by atoms with Gasteiger partial charge in [0.15, 0.2) is 0 Å². The largest absolute Gasteiger partial charge is 0.393 e. The van der Waals surface area contributed by atoms with Crippen LogP contribution in [0.4, 0.5) is 5.69 Å². The number of aryl methyl sites for hydroxylation is 2. The number of hydrogen-bond donors (Lipinski definition) is 2. The quantitative estimate of drug-likeness (QED) is 0.837. The van der Waals surface area contributed by atoms with E-state index in [-0.39, 0.29) is 30.3 Å². The molecule has 2 atom stereocenters. The van der Waals surface area contributed by atoms with Crippen LogP contribution in [0.1, 0.15) is 36.8 Å². The van der Waals surface area contributed by atoms with Gasteiger partial charge in [0.2, 0.25) is 11.8 Å². The first-order chi connectivity index (χ1) is 11.5. The van der Waals surface area contributed by atoms with Gasteiger partial charge in [0, 0.05) is 25.2 Å². The van der Waals surface area contributed by atoms with E-state index in [0.29, 0.717) is 25.4 Å². The van der Waals surface area contributed by atoms with E-state index in [0.717, 1.165) is 24.1 Å². The lowest BCUT2D eigenvalue weighted by molar-refractivity contribution is -0.126. The summed E-state index contributed by atoms with van der Waals surface area (Å²) in [7, 11) is 0. The van der Waals surface area contributed by atoms with Gasteiger partial charge in [-0.15, -0.1) is 0 Å². The van der Waals surface area contributed by atoms with Gasteiger partial charge in [-0.1, -0.05) is 6.07 Å². The summed E-state index contributed by atoms with van der Waals surface area (Å²) in [6, 6.07) is 5.94. The number of nitrogens with zero attached hydrogens (tertiary/aromatic N) is 1. The van der Waals surface area contributed by atoms with Crippen molar-refractivity contribution in [1.29, 1.82) is 0 Å². The Balaban J connectivity index is 1.53. The Kier molecular flexibility index (Phi) is 4.90. The second-order valence-corrected chi connectivity index (χ2v) is 7.16. The molecule has 1 aromatic carbocycles. The van der Waals surface area contributed by atoms with E-state index < -0.39 is 0 Å². The smallest absolute Gasteiger partial charge is 0.227 e. The molecule has 2 amide bonds. The molecule has 0 spiro atoms. The fourth-order valence-electron chi connectivity index (χ4n) is 3.23. The van der Waals surface area contributed by atoms with Gasteiger partial charge in [0.1, 0.15) is 0 Å². The van der Waals surface area contributed by atoms with Crippen molar-refractivity contribution in [3.8, 4) is 0 Å². The summed E-state index contributed by atoms with van der Waals surface area (Å²) in [5.41, 5.74) is 3.19. The molecular weight excluding hydrogens is 304 g/mol. The van der Waals surface area contributed by atoms with Gasteiger partial charge < -0.3 is 15.3 Å². The summed E-state index contributed by atoms with van der Waals surface area (Å²) in [6.45, 7) is 4.97. The van der Waals surface area contributed by atoms with Gasteiger partial charge >= 0.3 is 0 Å². The first kappa shape index (κ1) is 17.0. The summed E-state index contributed by atoms with van der Waals surface area (Å²) >= 11 is 0. The first-order valence-electron chi connectivity index (χ1n) is 8.79. The number of hydrogen-bond acceptors (Lipinski definition) is 3. The van der Waals surface area contributed by atoms with Crippen LogP contribution >= 0.6 is 0 Å². The minimum Gasteiger partial charge on any atom is -0.393 e. The summed E-state index contributed by atoms with van der Waals surface area (Å²) in [6.07, 6.45) is 2.73. The number of rotatable bonds is 6. The number of amides is 2. The van der Waals surface area contributed by atoms with Gasteiger partial charge in [-0.3, -0.25) is 9.59 Å². The fourth-order valence-corrected chi connectivity index (χ4v) is 3.23. The van der Waals surface area contributed by atoms with Gasteiger partial charge in [0.25, 0.3) is 0 Å². The van der Waals surface area contributed by atoms with Gasteiger partial charge in [-0.25, -0.2) is 0 Å². The monoisotopic (exact) mass is 330 g/mol. The van der Waals surface area contributed by atoms with Crippen LogP contribution in [0.5, 0.6) is 0 Å². The lowest BCUT2D eigenvalue weighted by Crippen LogP contribution is -2.34. The first-order valence-corrected chi connectivity index (χ1v) is 8.79. The van der Waals surface area contributed by atoms with Crippen molar-refractivity contribution in [2.45, 2.75) is 45.6 Å². The van der Waals surface area contributed by atoms with E-state index in [9.17, 15) is 14.7 Å². The third kappa shape index (κ3) is 3.78. The number of carbonyl (C=O) groups excluding carboxylic acids is 2. The summed E-state index contributed by atoms with van der Waals surface area (Å²) in [5.74, 6) is 0.0292.